The van der Waals surface area contributed by atoms with Crippen LogP contribution < -0.4 is 10.6 Å². The molecule has 98 valence electrons. The molecular weight excluding hydrogens is 224 g/mol. The first-order valence-electron chi connectivity index (χ1n) is 7.10. The molecule has 1 fully saturated rings. The van der Waals surface area contributed by atoms with Gasteiger partial charge in [-0.05, 0) is 36.8 Å². The van der Waals surface area contributed by atoms with Crippen molar-refractivity contribution in [1.29, 1.82) is 0 Å². The minimum absolute atomic E-state index is 0.420. The third-order valence-electron chi connectivity index (χ3n) is 3.89. The lowest BCUT2D eigenvalue weighted by atomic mass is 10.1. The first kappa shape index (κ1) is 12.0. The van der Waals surface area contributed by atoms with E-state index in [1.54, 1.807) is 0 Å². The average molecular weight is 246 g/mol. The largest absolute Gasteiger partial charge is 0.384 e. The summed E-state index contributed by atoms with van der Waals surface area (Å²) >= 11 is 0. The van der Waals surface area contributed by atoms with Crippen molar-refractivity contribution < 1.29 is 4.74 Å². The van der Waals surface area contributed by atoms with E-state index in [4.69, 9.17) is 4.74 Å². The van der Waals surface area contributed by atoms with E-state index in [2.05, 4.69) is 28.8 Å². The van der Waals surface area contributed by atoms with Crippen LogP contribution in [0.4, 0.5) is 5.69 Å². The van der Waals surface area contributed by atoms with Gasteiger partial charge >= 0.3 is 0 Å². The van der Waals surface area contributed by atoms with Gasteiger partial charge < -0.3 is 15.4 Å². The van der Waals surface area contributed by atoms with Gasteiger partial charge in [-0.15, -0.1) is 0 Å². The second-order valence-corrected chi connectivity index (χ2v) is 5.25. The highest BCUT2D eigenvalue weighted by Crippen LogP contribution is 2.26. The topological polar surface area (TPSA) is 33.3 Å². The van der Waals surface area contributed by atoms with Crippen molar-refractivity contribution in [3.63, 3.8) is 0 Å². The van der Waals surface area contributed by atoms with Crippen LogP contribution in [0.2, 0.25) is 0 Å². The van der Waals surface area contributed by atoms with Gasteiger partial charge in [-0.25, -0.2) is 0 Å². The highest BCUT2D eigenvalue weighted by Gasteiger charge is 2.15. The zero-order valence-electron chi connectivity index (χ0n) is 10.9. The van der Waals surface area contributed by atoms with E-state index in [0.29, 0.717) is 6.10 Å². The van der Waals surface area contributed by atoms with Crippen LogP contribution in [0.15, 0.2) is 18.2 Å². The SMILES string of the molecule is c1cc2c(c(CNCC3CCCCO3)c1)NCC2. The Morgan fingerprint density at radius 3 is 3.22 bits per heavy atom. The molecule has 2 heterocycles. The van der Waals surface area contributed by atoms with E-state index >= 15 is 0 Å². The first-order chi connectivity index (χ1) is 8.93. The molecule has 1 saturated heterocycles. The molecule has 1 unspecified atom stereocenters. The third-order valence-corrected chi connectivity index (χ3v) is 3.89. The van der Waals surface area contributed by atoms with Crippen LogP contribution in [-0.4, -0.2) is 25.8 Å². The van der Waals surface area contributed by atoms with Crippen molar-refractivity contribution in [2.45, 2.75) is 38.3 Å². The first-order valence-corrected chi connectivity index (χ1v) is 7.10. The summed E-state index contributed by atoms with van der Waals surface area (Å²) in [4.78, 5) is 0. The Morgan fingerprint density at radius 2 is 2.33 bits per heavy atom. The molecule has 3 rings (SSSR count). The molecule has 3 nitrogen and oxygen atoms in total. The molecule has 0 aliphatic carbocycles. The molecule has 0 radical (unpaired) electrons. The summed E-state index contributed by atoms with van der Waals surface area (Å²) in [5, 5.41) is 7.02. The zero-order valence-corrected chi connectivity index (χ0v) is 10.9. The number of nitrogens with one attached hydrogen (secondary N) is 2. The highest BCUT2D eigenvalue weighted by molar-refractivity contribution is 5.61. The van der Waals surface area contributed by atoms with Crippen molar-refractivity contribution >= 4 is 5.69 Å². The van der Waals surface area contributed by atoms with Crippen LogP contribution in [0.1, 0.15) is 30.4 Å². The maximum atomic E-state index is 5.73. The van der Waals surface area contributed by atoms with Crippen LogP contribution in [-0.2, 0) is 17.7 Å². The number of benzene rings is 1. The molecular formula is C15H22N2O. The Kier molecular flexibility index (Phi) is 3.81. The maximum absolute atomic E-state index is 5.73. The Morgan fingerprint density at radius 1 is 1.33 bits per heavy atom. The summed E-state index contributed by atoms with van der Waals surface area (Å²) in [6.45, 7) is 3.94. The van der Waals surface area contributed by atoms with E-state index in [0.717, 1.165) is 32.7 Å². The van der Waals surface area contributed by atoms with Gasteiger partial charge in [-0.1, -0.05) is 18.2 Å². The van der Waals surface area contributed by atoms with Crippen LogP contribution >= 0.6 is 0 Å². The van der Waals surface area contributed by atoms with Gasteiger partial charge in [0.15, 0.2) is 0 Å². The summed E-state index contributed by atoms with van der Waals surface area (Å²) in [6.07, 6.45) is 5.33. The smallest absolute Gasteiger partial charge is 0.0699 e. The predicted molar refractivity (Wildman–Crippen MR) is 73.9 cm³/mol. The van der Waals surface area contributed by atoms with Crippen LogP contribution in [0.3, 0.4) is 0 Å². The molecule has 0 bridgehead atoms. The lowest BCUT2D eigenvalue weighted by molar-refractivity contribution is 0.0168. The molecule has 3 heteroatoms. The molecule has 0 amide bonds. The lowest BCUT2D eigenvalue weighted by Gasteiger charge is -2.23. The monoisotopic (exact) mass is 246 g/mol. The van der Waals surface area contributed by atoms with E-state index in [9.17, 15) is 0 Å². The van der Waals surface area contributed by atoms with Crippen molar-refractivity contribution in [2.75, 3.05) is 25.0 Å². The molecule has 1 aromatic carbocycles. The van der Waals surface area contributed by atoms with Gasteiger partial charge in [-0.2, -0.15) is 0 Å². The molecule has 2 aliphatic rings. The van der Waals surface area contributed by atoms with Gasteiger partial charge in [0.05, 0.1) is 6.10 Å². The second kappa shape index (κ2) is 5.72. The fraction of sp³-hybridized carbons (Fsp3) is 0.600. The highest BCUT2D eigenvalue weighted by atomic mass is 16.5. The number of anilines is 1. The second-order valence-electron chi connectivity index (χ2n) is 5.25. The zero-order chi connectivity index (χ0) is 12.2. The van der Waals surface area contributed by atoms with Crippen LogP contribution in [0.5, 0.6) is 0 Å². The van der Waals surface area contributed by atoms with E-state index in [1.807, 2.05) is 0 Å². The number of hydrogen-bond acceptors (Lipinski definition) is 3. The van der Waals surface area contributed by atoms with Crippen molar-refractivity contribution in [1.82, 2.24) is 5.32 Å². The molecule has 1 aromatic rings. The number of fused-ring (bicyclic) bond motifs is 1. The number of para-hydroxylation sites is 1. The predicted octanol–water partition coefficient (Wildman–Crippen LogP) is 2.31. The normalized spacial score (nSPS) is 22.6. The van der Waals surface area contributed by atoms with Crippen LogP contribution in [0.25, 0.3) is 0 Å². The number of hydrogen-bond donors (Lipinski definition) is 2. The molecule has 2 aliphatic heterocycles. The quantitative estimate of drug-likeness (QED) is 0.855. The van der Waals surface area contributed by atoms with Crippen LogP contribution in [0, 0.1) is 0 Å². The van der Waals surface area contributed by atoms with E-state index in [-0.39, 0.29) is 0 Å². The molecule has 1 atom stereocenters. The maximum Gasteiger partial charge on any atom is 0.0699 e. The van der Waals surface area contributed by atoms with Crippen molar-refractivity contribution in [2.24, 2.45) is 0 Å². The van der Waals surface area contributed by atoms with Crippen molar-refractivity contribution in [3.8, 4) is 0 Å². The Balaban J connectivity index is 1.52. The third kappa shape index (κ3) is 2.68. The van der Waals surface area contributed by atoms with Crippen molar-refractivity contribution in [3.05, 3.63) is 29.3 Å². The molecule has 0 aromatic heterocycles. The number of ether oxygens (including phenoxy) is 1. The van der Waals surface area contributed by atoms with Gasteiger partial charge in [0.2, 0.25) is 0 Å². The molecule has 2 N–H and O–H groups in total. The summed E-state index contributed by atoms with van der Waals surface area (Å²) < 4.78 is 5.73. The summed E-state index contributed by atoms with van der Waals surface area (Å²) in [5.41, 5.74) is 4.21. The molecule has 0 saturated carbocycles. The Labute approximate surface area is 109 Å². The summed E-state index contributed by atoms with van der Waals surface area (Å²) in [7, 11) is 0. The summed E-state index contributed by atoms with van der Waals surface area (Å²) in [5.74, 6) is 0. The lowest BCUT2D eigenvalue weighted by Crippen LogP contribution is -2.31. The standard InChI is InChI=1S/C15H22N2O/c1-2-9-18-14(6-1)11-16-10-13-5-3-4-12-7-8-17-15(12)13/h3-5,14,16-17H,1-2,6-11H2. The van der Waals surface area contributed by atoms with Gasteiger partial charge in [0, 0.05) is 31.9 Å². The average Bonchev–Trinajstić information content (AvgIpc) is 2.89. The molecule has 18 heavy (non-hydrogen) atoms. The number of rotatable bonds is 4. The molecule has 0 spiro atoms. The van der Waals surface area contributed by atoms with E-state index in [1.165, 1.54) is 36.1 Å². The minimum atomic E-state index is 0.420. The van der Waals surface area contributed by atoms with E-state index < -0.39 is 0 Å². The summed E-state index contributed by atoms with van der Waals surface area (Å²) in [6, 6.07) is 6.61. The van der Waals surface area contributed by atoms with Gasteiger partial charge in [-0.3, -0.25) is 0 Å². The van der Waals surface area contributed by atoms with Gasteiger partial charge in [0.1, 0.15) is 0 Å². The Bertz CT molecular complexity index is 399. The van der Waals surface area contributed by atoms with Gasteiger partial charge in [0.25, 0.3) is 0 Å². The fourth-order valence-corrected chi connectivity index (χ4v) is 2.89. The fourth-order valence-electron chi connectivity index (χ4n) is 2.89. The Hall–Kier alpha value is -1.06. The minimum Gasteiger partial charge on any atom is -0.384 e.